The van der Waals surface area contributed by atoms with E-state index in [1.807, 2.05) is 0 Å². The molecule has 0 bridgehead atoms. The second kappa shape index (κ2) is 17.9. The van der Waals surface area contributed by atoms with Crippen LogP contribution in [0, 0.1) is 0 Å². The molecule has 0 fully saturated rings. The van der Waals surface area contributed by atoms with Crippen LogP contribution >= 0.6 is 0 Å². The van der Waals surface area contributed by atoms with Crippen molar-refractivity contribution in [3.8, 4) is 0 Å². The zero-order valence-corrected chi connectivity index (χ0v) is 14.4. The number of aliphatic hydroxyl groups excluding tert-OH is 1. The van der Waals surface area contributed by atoms with Crippen molar-refractivity contribution in [2.75, 3.05) is 20.5 Å². The van der Waals surface area contributed by atoms with Gasteiger partial charge in [-0.15, -0.1) is 0 Å². The molecule has 3 nitrogen and oxygen atoms in total. The molecular formula is C18H38O3. The van der Waals surface area contributed by atoms with Crippen LogP contribution in [-0.4, -0.2) is 31.7 Å². The van der Waals surface area contributed by atoms with Crippen LogP contribution in [0.4, 0.5) is 0 Å². The topological polar surface area (TPSA) is 38.7 Å². The Bertz CT molecular complexity index is 185. The van der Waals surface area contributed by atoms with E-state index in [-0.39, 0.29) is 6.10 Å². The Morgan fingerprint density at radius 3 is 1.86 bits per heavy atom. The Morgan fingerprint density at radius 1 is 0.762 bits per heavy atom. The fourth-order valence-corrected chi connectivity index (χ4v) is 2.56. The van der Waals surface area contributed by atoms with Gasteiger partial charge in [-0.25, -0.2) is 0 Å². The quantitative estimate of drug-likeness (QED) is 0.301. The van der Waals surface area contributed by atoms with E-state index in [4.69, 9.17) is 9.47 Å². The van der Waals surface area contributed by atoms with E-state index in [1.54, 1.807) is 7.11 Å². The van der Waals surface area contributed by atoms with Crippen LogP contribution in [0.1, 0.15) is 90.4 Å². The summed E-state index contributed by atoms with van der Waals surface area (Å²) < 4.78 is 10.1. The van der Waals surface area contributed by atoms with E-state index >= 15 is 0 Å². The highest BCUT2D eigenvalue weighted by atomic mass is 16.7. The lowest BCUT2D eigenvalue weighted by Crippen LogP contribution is -2.05. The zero-order chi connectivity index (χ0) is 15.6. The molecule has 0 rings (SSSR count). The maximum atomic E-state index is 9.82. The van der Waals surface area contributed by atoms with Gasteiger partial charge >= 0.3 is 0 Å². The van der Waals surface area contributed by atoms with Crippen molar-refractivity contribution in [1.82, 2.24) is 0 Å². The van der Waals surface area contributed by atoms with Crippen LogP contribution in [0.15, 0.2) is 0 Å². The summed E-state index contributed by atoms with van der Waals surface area (Å²) in [5.74, 6) is 0. The van der Waals surface area contributed by atoms with Gasteiger partial charge in [-0.2, -0.15) is 0 Å². The Hall–Kier alpha value is -0.120. The summed E-state index contributed by atoms with van der Waals surface area (Å²) in [4.78, 5) is 0. The molecule has 0 amide bonds. The van der Waals surface area contributed by atoms with Gasteiger partial charge < -0.3 is 14.6 Å². The minimum Gasteiger partial charge on any atom is -0.393 e. The second-order valence-corrected chi connectivity index (χ2v) is 6.08. The first-order valence-electron chi connectivity index (χ1n) is 9.06. The van der Waals surface area contributed by atoms with Gasteiger partial charge in [0.15, 0.2) is 0 Å². The zero-order valence-electron chi connectivity index (χ0n) is 14.4. The van der Waals surface area contributed by atoms with Gasteiger partial charge in [0.1, 0.15) is 6.79 Å². The largest absolute Gasteiger partial charge is 0.393 e. The summed E-state index contributed by atoms with van der Waals surface area (Å²) in [6.07, 6.45) is 15.8. The third kappa shape index (κ3) is 17.8. The number of aliphatic hydroxyl groups is 1. The van der Waals surface area contributed by atoms with Crippen molar-refractivity contribution < 1.29 is 14.6 Å². The van der Waals surface area contributed by atoms with Crippen LogP contribution in [-0.2, 0) is 9.47 Å². The molecule has 0 aliphatic carbocycles. The smallest absolute Gasteiger partial charge is 0.146 e. The van der Waals surface area contributed by atoms with Crippen molar-refractivity contribution in [3.05, 3.63) is 0 Å². The molecule has 0 saturated heterocycles. The molecule has 0 aliphatic rings. The third-order valence-corrected chi connectivity index (χ3v) is 3.92. The molecule has 1 atom stereocenters. The average molecular weight is 302 g/mol. The van der Waals surface area contributed by atoms with Crippen LogP contribution in [0.5, 0.6) is 0 Å². The van der Waals surface area contributed by atoms with Gasteiger partial charge in [-0.3, -0.25) is 0 Å². The molecule has 1 N–H and O–H groups in total. The van der Waals surface area contributed by atoms with Crippen LogP contribution < -0.4 is 0 Å². The number of methoxy groups -OCH3 is 1. The van der Waals surface area contributed by atoms with Crippen molar-refractivity contribution in [2.45, 2.75) is 96.5 Å². The molecule has 0 aromatic carbocycles. The van der Waals surface area contributed by atoms with Gasteiger partial charge in [0.05, 0.1) is 6.10 Å². The number of hydrogen-bond donors (Lipinski definition) is 1. The van der Waals surface area contributed by atoms with E-state index in [2.05, 4.69) is 6.92 Å². The lowest BCUT2D eigenvalue weighted by Gasteiger charge is -2.09. The summed E-state index contributed by atoms with van der Waals surface area (Å²) in [5.41, 5.74) is 0. The standard InChI is InChI=1S/C18H38O3/c1-3-4-11-14-18(19)15-12-9-7-5-6-8-10-13-16-21-17-20-2/h18-19H,3-17H2,1-2H3/t18-/m0/s1. The summed E-state index contributed by atoms with van der Waals surface area (Å²) in [6.45, 7) is 3.45. The maximum absolute atomic E-state index is 9.82. The molecule has 0 spiro atoms. The van der Waals surface area contributed by atoms with Gasteiger partial charge in [0.25, 0.3) is 0 Å². The summed E-state index contributed by atoms with van der Waals surface area (Å²) >= 11 is 0. The fourth-order valence-electron chi connectivity index (χ4n) is 2.56. The molecule has 0 aromatic rings. The minimum absolute atomic E-state index is 0.0522. The molecule has 0 aliphatic heterocycles. The number of unbranched alkanes of at least 4 members (excludes halogenated alkanes) is 9. The highest BCUT2D eigenvalue weighted by molar-refractivity contribution is 4.57. The van der Waals surface area contributed by atoms with Gasteiger partial charge in [-0.1, -0.05) is 71.1 Å². The lowest BCUT2D eigenvalue weighted by atomic mass is 10.0. The fraction of sp³-hybridized carbons (Fsp3) is 1.00. The number of ether oxygens (including phenoxy) is 2. The predicted molar refractivity (Wildman–Crippen MR) is 89.5 cm³/mol. The highest BCUT2D eigenvalue weighted by Gasteiger charge is 2.03. The Balaban J connectivity index is 3.05. The normalized spacial score (nSPS) is 12.7. The first-order chi connectivity index (χ1) is 10.3. The number of rotatable bonds is 17. The number of hydrogen-bond acceptors (Lipinski definition) is 3. The Labute approximate surface area is 132 Å². The van der Waals surface area contributed by atoms with Crippen molar-refractivity contribution in [2.24, 2.45) is 0 Å². The minimum atomic E-state index is -0.0522. The molecule has 0 unspecified atom stereocenters. The average Bonchev–Trinajstić information content (AvgIpc) is 2.48. The highest BCUT2D eigenvalue weighted by Crippen LogP contribution is 2.13. The Kier molecular flexibility index (Phi) is 17.8. The Morgan fingerprint density at radius 2 is 1.29 bits per heavy atom. The molecular weight excluding hydrogens is 264 g/mol. The lowest BCUT2D eigenvalue weighted by molar-refractivity contribution is -0.0315. The van der Waals surface area contributed by atoms with E-state index in [0.717, 1.165) is 25.9 Å². The summed E-state index contributed by atoms with van der Waals surface area (Å²) in [6, 6.07) is 0. The van der Waals surface area contributed by atoms with E-state index < -0.39 is 0 Å². The van der Waals surface area contributed by atoms with E-state index in [1.165, 1.54) is 64.2 Å². The first-order valence-corrected chi connectivity index (χ1v) is 9.06. The predicted octanol–water partition coefficient (Wildman–Crippen LogP) is 5.06. The van der Waals surface area contributed by atoms with Crippen LogP contribution in [0.2, 0.25) is 0 Å². The summed E-state index contributed by atoms with van der Waals surface area (Å²) in [7, 11) is 1.66. The monoisotopic (exact) mass is 302 g/mol. The molecule has 0 aromatic heterocycles. The SMILES string of the molecule is CCCCC[C@H](O)CCCCCCCCCCOCOC. The first kappa shape index (κ1) is 20.9. The molecule has 0 saturated carbocycles. The molecule has 0 heterocycles. The van der Waals surface area contributed by atoms with Crippen molar-refractivity contribution in [1.29, 1.82) is 0 Å². The van der Waals surface area contributed by atoms with E-state index in [0.29, 0.717) is 6.79 Å². The second-order valence-electron chi connectivity index (χ2n) is 6.08. The van der Waals surface area contributed by atoms with Gasteiger partial charge in [-0.05, 0) is 19.3 Å². The van der Waals surface area contributed by atoms with E-state index in [9.17, 15) is 5.11 Å². The van der Waals surface area contributed by atoms with Crippen molar-refractivity contribution in [3.63, 3.8) is 0 Å². The van der Waals surface area contributed by atoms with Crippen LogP contribution in [0.25, 0.3) is 0 Å². The van der Waals surface area contributed by atoms with Gasteiger partial charge in [0.2, 0.25) is 0 Å². The summed E-state index contributed by atoms with van der Waals surface area (Å²) in [5, 5.41) is 9.82. The van der Waals surface area contributed by atoms with Gasteiger partial charge in [0, 0.05) is 13.7 Å². The molecule has 21 heavy (non-hydrogen) atoms. The maximum Gasteiger partial charge on any atom is 0.146 e. The molecule has 0 radical (unpaired) electrons. The third-order valence-electron chi connectivity index (χ3n) is 3.92. The molecule has 128 valence electrons. The molecule has 3 heteroatoms. The van der Waals surface area contributed by atoms with Crippen molar-refractivity contribution >= 4 is 0 Å². The van der Waals surface area contributed by atoms with Crippen LogP contribution in [0.3, 0.4) is 0 Å².